The molecule has 4 heteroatoms. The van der Waals surface area contributed by atoms with E-state index in [9.17, 15) is 5.11 Å². The summed E-state index contributed by atoms with van der Waals surface area (Å²) in [5, 5.41) is 12.6. The molecule has 0 aliphatic heterocycles. The van der Waals surface area contributed by atoms with E-state index in [0.717, 1.165) is 94.7 Å². The molecule has 0 amide bonds. The van der Waals surface area contributed by atoms with Gasteiger partial charge in [-0.3, -0.25) is 9.55 Å². The van der Waals surface area contributed by atoms with E-state index in [4.69, 9.17) is 9.97 Å². The molecule has 0 bridgehead atoms. The van der Waals surface area contributed by atoms with Gasteiger partial charge in [-0.05, 0) is 157 Å². The van der Waals surface area contributed by atoms with Crippen molar-refractivity contribution in [2.75, 3.05) is 0 Å². The number of para-hydroxylation sites is 1. The summed E-state index contributed by atoms with van der Waals surface area (Å²) in [5.41, 5.74) is 23.1. The summed E-state index contributed by atoms with van der Waals surface area (Å²) in [6.07, 6.45) is 1.92. The Bertz CT molecular complexity index is 3840. The number of pyridine rings is 1. The van der Waals surface area contributed by atoms with Gasteiger partial charge in [-0.15, -0.1) is 0 Å². The average molecular weight is 974 g/mol. The first-order chi connectivity index (χ1) is 36.3. The Morgan fingerprint density at radius 3 is 1.63 bits per heavy atom. The third-order valence-corrected chi connectivity index (χ3v) is 14.8. The molecule has 9 aromatic carbocycles. The van der Waals surface area contributed by atoms with Crippen LogP contribution in [0.5, 0.6) is 5.75 Å². The number of imidazole rings is 1. The first-order valence-electron chi connectivity index (χ1n) is 26.3. The maximum absolute atomic E-state index is 12.6. The summed E-state index contributed by atoms with van der Waals surface area (Å²) in [6, 6.07) is 76.2. The van der Waals surface area contributed by atoms with Crippen LogP contribution in [0.3, 0.4) is 0 Å². The van der Waals surface area contributed by atoms with Crippen LogP contribution in [0.1, 0.15) is 82.6 Å². The summed E-state index contributed by atoms with van der Waals surface area (Å²) in [6.45, 7) is 17.7. The molecular weight excluding hydrogens is 911 g/mol. The van der Waals surface area contributed by atoms with Gasteiger partial charge in [0.1, 0.15) is 11.6 Å². The number of hydrogen-bond donors (Lipinski definition) is 1. The van der Waals surface area contributed by atoms with Crippen molar-refractivity contribution in [2.45, 2.75) is 72.6 Å². The molecule has 0 saturated carbocycles. The molecule has 0 spiro atoms. The van der Waals surface area contributed by atoms with Crippen molar-refractivity contribution in [2.24, 2.45) is 0 Å². The smallest absolute Gasteiger partial charge is 0.149 e. The predicted octanol–water partition coefficient (Wildman–Crippen LogP) is 19.3. The number of hydrogen-bond acceptors (Lipinski definition) is 3. The minimum atomic E-state index is -0.00727. The van der Waals surface area contributed by atoms with Crippen molar-refractivity contribution < 1.29 is 5.11 Å². The standard InChI is InChI=1S/C71H63N3O/c1-45(2)55-41-61(46(3)4)69(75)64(42-55)70-73-68-60(25-18-26-66(68)74(70)67-37-47(5)62(52-23-16-11-17-24-52)44-63(67)53-31-33-59(34-32-53)71(6,7)8)57-38-56(49-21-14-10-15-22-49)39-58(40-57)65-43-54(35-36-72-65)51-29-27-50(28-30-51)48-19-12-9-13-20-48/h9-46,75H,1-8H3. The van der Waals surface area contributed by atoms with Gasteiger partial charge < -0.3 is 5.11 Å². The van der Waals surface area contributed by atoms with Gasteiger partial charge in [0.15, 0.2) is 0 Å². The van der Waals surface area contributed by atoms with Crippen LogP contribution >= 0.6 is 0 Å². The molecule has 1 N–H and O–H groups in total. The molecule has 2 aromatic heterocycles. The second-order valence-electron chi connectivity index (χ2n) is 21.7. The molecule has 11 aromatic rings. The monoisotopic (exact) mass is 973 g/mol. The van der Waals surface area contributed by atoms with Crippen molar-refractivity contribution in [1.29, 1.82) is 0 Å². The molecule has 0 aliphatic rings. The Labute approximate surface area is 442 Å². The van der Waals surface area contributed by atoms with Crippen molar-refractivity contribution in [3.63, 3.8) is 0 Å². The van der Waals surface area contributed by atoms with Gasteiger partial charge >= 0.3 is 0 Å². The molecule has 75 heavy (non-hydrogen) atoms. The van der Waals surface area contributed by atoms with E-state index >= 15 is 0 Å². The van der Waals surface area contributed by atoms with Gasteiger partial charge in [-0.2, -0.15) is 0 Å². The fraction of sp³-hybridized carbons (Fsp3) is 0.155. The molecule has 0 saturated heterocycles. The largest absolute Gasteiger partial charge is 0.507 e. The number of aryl methyl sites for hydroxylation is 1. The molecule has 2 heterocycles. The highest BCUT2D eigenvalue weighted by Crippen LogP contribution is 2.46. The van der Waals surface area contributed by atoms with Crippen LogP contribution in [0.15, 0.2) is 219 Å². The van der Waals surface area contributed by atoms with Gasteiger partial charge in [0.25, 0.3) is 0 Å². The second-order valence-corrected chi connectivity index (χ2v) is 21.7. The number of fused-ring (bicyclic) bond motifs is 1. The molecule has 0 atom stereocenters. The number of aromatic hydroxyl groups is 1. The Morgan fingerprint density at radius 2 is 1.00 bits per heavy atom. The minimum absolute atomic E-state index is 0.00727. The van der Waals surface area contributed by atoms with Crippen LogP contribution in [-0.4, -0.2) is 19.6 Å². The Hall–Kier alpha value is -8.60. The third-order valence-electron chi connectivity index (χ3n) is 14.8. The Morgan fingerprint density at radius 1 is 0.440 bits per heavy atom. The first kappa shape index (κ1) is 48.7. The predicted molar refractivity (Wildman–Crippen MR) is 316 cm³/mol. The third kappa shape index (κ3) is 9.61. The van der Waals surface area contributed by atoms with E-state index in [-0.39, 0.29) is 23.0 Å². The second kappa shape index (κ2) is 20.0. The molecular formula is C71H63N3O. The van der Waals surface area contributed by atoms with E-state index in [1.165, 1.54) is 22.3 Å². The normalized spacial score (nSPS) is 11.8. The molecule has 0 unspecified atom stereocenters. The van der Waals surface area contributed by atoms with Crippen molar-refractivity contribution in [3.8, 4) is 101 Å². The van der Waals surface area contributed by atoms with Gasteiger partial charge in [0.2, 0.25) is 0 Å². The van der Waals surface area contributed by atoms with Gasteiger partial charge in [0, 0.05) is 22.9 Å². The fourth-order valence-electron chi connectivity index (χ4n) is 10.6. The highest BCUT2D eigenvalue weighted by Gasteiger charge is 2.26. The van der Waals surface area contributed by atoms with E-state index in [1.807, 2.05) is 6.20 Å². The minimum Gasteiger partial charge on any atom is -0.507 e. The number of benzene rings is 9. The van der Waals surface area contributed by atoms with Crippen LogP contribution in [0.25, 0.3) is 106 Å². The number of rotatable bonds is 11. The zero-order valence-electron chi connectivity index (χ0n) is 44.2. The maximum atomic E-state index is 12.6. The number of aromatic nitrogens is 3. The Kier molecular flexibility index (Phi) is 13.0. The molecule has 11 rings (SSSR count). The number of nitrogens with zero attached hydrogens (tertiary/aromatic N) is 3. The van der Waals surface area contributed by atoms with Gasteiger partial charge in [0.05, 0.1) is 28.0 Å². The van der Waals surface area contributed by atoms with Crippen LogP contribution in [0.2, 0.25) is 0 Å². The summed E-state index contributed by atoms with van der Waals surface area (Å²) in [7, 11) is 0. The van der Waals surface area contributed by atoms with Gasteiger partial charge in [-0.1, -0.05) is 206 Å². The number of phenols is 1. The zero-order chi connectivity index (χ0) is 52.0. The van der Waals surface area contributed by atoms with E-state index in [0.29, 0.717) is 11.4 Å². The molecule has 0 fully saturated rings. The van der Waals surface area contributed by atoms with Crippen LogP contribution < -0.4 is 0 Å². The molecule has 0 aliphatic carbocycles. The highest BCUT2D eigenvalue weighted by atomic mass is 16.3. The lowest BCUT2D eigenvalue weighted by Crippen LogP contribution is -2.10. The van der Waals surface area contributed by atoms with Gasteiger partial charge in [-0.25, -0.2) is 4.98 Å². The number of phenolic OH excluding ortho intramolecular Hbond substituents is 1. The lowest BCUT2D eigenvalue weighted by molar-refractivity contribution is 0.466. The van der Waals surface area contributed by atoms with Crippen molar-refractivity contribution in [1.82, 2.24) is 14.5 Å². The molecule has 368 valence electrons. The summed E-state index contributed by atoms with van der Waals surface area (Å²) in [5.74, 6) is 1.25. The van der Waals surface area contributed by atoms with Crippen LogP contribution in [0.4, 0.5) is 0 Å². The van der Waals surface area contributed by atoms with E-state index in [1.54, 1.807) is 0 Å². The maximum Gasteiger partial charge on any atom is 0.149 e. The Balaban J connectivity index is 1.16. The summed E-state index contributed by atoms with van der Waals surface area (Å²) < 4.78 is 2.31. The van der Waals surface area contributed by atoms with Crippen LogP contribution in [-0.2, 0) is 5.41 Å². The van der Waals surface area contributed by atoms with Crippen molar-refractivity contribution >= 4 is 11.0 Å². The fourth-order valence-corrected chi connectivity index (χ4v) is 10.6. The zero-order valence-corrected chi connectivity index (χ0v) is 44.2. The lowest BCUT2D eigenvalue weighted by atomic mass is 9.85. The quantitative estimate of drug-likeness (QED) is 0.140. The van der Waals surface area contributed by atoms with Crippen molar-refractivity contribution in [3.05, 3.63) is 241 Å². The molecule has 4 nitrogen and oxygen atoms in total. The molecule has 0 radical (unpaired) electrons. The van der Waals surface area contributed by atoms with E-state index in [2.05, 4.69) is 272 Å². The average Bonchev–Trinajstić information content (AvgIpc) is 3.83. The van der Waals surface area contributed by atoms with Crippen LogP contribution in [0, 0.1) is 6.92 Å². The van der Waals surface area contributed by atoms with E-state index < -0.39 is 0 Å². The first-order valence-corrected chi connectivity index (χ1v) is 26.3. The SMILES string of the molecule is Cc1cc(-n2c(-c3cc(C(C)C)cc(C(C)C)c3O)nc3c(-c4cc(-c5ccccc5)cc(-c5cc(-c6ccc(-c7ccccc7)cc6)ccn5)c4)cccc32)c(-c2ccc(C(C)(C)C)cc2)cc1-c1ccccc1. The topological polar surface area (TPSA) is 50.9 Å². The lowest BCUT2D eigenvalue weighted by Gasteiger charge is -2.22. The summed E-state index contributed by atoms with van der Waals surface area (Å²) in [4.78, 5) is 10.8. The highest BCUT2D eigenvalue weighted by molar-refractivity contribution is 5.99. The summed E-state index contributed by atoms with van der Waals surface area (Å²) >= 11 is 0.